The number of benzene rings is 1. The van der Waals surface area contributed by atoms with E-state index in [9.17, 15) is 0 Å². The molecule has 1 N–H and O–H groups in total. The molecule has 0 saturated heterocycles. The van der Waals surface area contributed by atoms with E-state index in [2.05, 4.69) is 45.8 Å². The third-order valence-electron chi connectivity index (χ3n) is 4.13. The van der Waals surface area contributed by atoms with Crippen molar-refractivity contribution in [3.05, 3.63) is 40.9 Å². The summed E-state index contributed by atoms with van der Waals surface area (Å²) in [5.74, 6) is 0.750. The molecule has 1 aliphatic rings. The van der Waals surface area contributed by atoms with Gasteiger partial charge in [0.25, 0.3) is 0 Å². The number of nitrogens with one attached hydrogen (secondary N) is 1. The van der Waals surface area contributed by atoms with Crippen LogP contribution in [0.2, 0.25) is 0 Å². The first-order valence-electron chi connectivity index (χ1n) is 7.51. The molecule has 0 radical (unpaired) electrons. The van der Waals surface area contributed by atoms with Gasteiger partial charge in [-0.25, -0.2) is 0 Å². The summed E-state index contributed by atoms with van der Waals surface area (Å²) in [7, 11) is 0. The molecule has 1 aromatic carbocycles. The number of hydrogen-bond donors (Lipinski definition) is 1. The van der Waals surface area contributed by atoms with E-state index >= 15 is 0 Å². The van der Waals surface area contributed by atoms with Crippen molar-refractivity contribution in [2.45, 2.75) is 42.6 Å². The van der Waals surface area contributed by atoms with E-state index < -0.39 is 0 Å². The summed E-state index contributed by atoms with van der Waals surface area (Å²) in [5, 5.41) is 13.3. The van der Waals surface area contributed by atoms with Crippen LogP contribution in [0.1, 0.15) is 42.3 Å². The number of aromatic nitrogens is 2. The zero-order valence-electron chi connectivity index (χ0n) is 12.3. The molecule has 3 nitrogen and oxygen atoms in total. The molecule has 0 amide bonds. The Bertz CT molecular complexity index is 550. The van der Waals surface area contributed by atoms with E-state index in [-0.39, 0.29) is 0 Å². The molecule has 1 aliphatic carbocycles. The van der Waals surface area contributed by atoms with Crippen LogP contribution in [-0.2, 0) is 6.54 Å². The van der Waals surface area contributed by atoms with Crippen molar-refractivity contribution >= 4 is 23.1 Å². The van der Waals surface area contributed by atoms with Gasteiger partial charge in [0.2, 0.25) is 0 Å². The van der Waals surface area contributed by atoms with Gasteiger partial charge in [-0.15, -0.1) is 10.2 Å². The van der Waals surface area contributed by atoms with E-state index in [4.69, 9.17) is 0 Å². The number of rotatable bonds is 6. The molecule has 1 atom stereocenters. The molecule has 1 unspecified atom stereocenters. The molecule has 3 rings (SSSR count). The number of nitrogens with zero attached hydrogens (tertiary/aromatic N) is 2. The van der Waals surface area contributed by atoms with Crippen LogP contribution in [0.3, 0.4) is 0 Å². The molecule has 21 heavy (non-hydrogen) atoms. The van der Waals surface area contributed by atoms with Crippen molar-refractivity contribution in [3.63, 3.8) is 0 Å². The summed E-state index contributed by atoms with van der Waals surface area (Å²) < 4.78 is 1.05. The summed E-state index contributed by atoms with van der Waals surface area (Å²) in [5.41, 5.74) is 1.40. The molecular weight excluding hydrogens is 298 g/mol. The van der Waals surface area contributed by atoms with Crippen molar-refractivity contribution in [1.82, 2.24) is 15.5 Å². The standard InChI is InChI=1S/C16H21N3S2/c1-20-16-19-18-14(21-16)11-17-15(13-9-5-6-10-13)12-7-3-2-4-8-12/h2-4,7-8,13,15,17H,5-6,9-11H2,1H3. The topological polar surface area (TPSA) is 37.8 Å². The summed E-state index contributed by atoms with van der Waals surface area (Å²) in [4.78, 5) is 0. The summed E-state index contributed by atoms with van der Waals surface area (Å²) in [6, 6.07) is 11.3. The summed E-state index contributed by atoms with van der Waals surface area (Å²) >= 11 is 3.35. The van der Waals surface area contributed by atoms with Crippen LogP contribution in [-0.4, -0.2) is 16.5 Å². The number of thioether (sulfide) groups is 1. The van der Waals surface area contributed by atoms with Crippen LogP contribution < -0.4 is 5.32 Å². The predicted octanol–water partition coefficient (Wildman–Crippen LogP) is 4.28. The quantitative estimate of drug-likeness (QED) is 0.806. The molecule has 1 aromatic heterocycles. The molecule has 1 fully saturated rings. The lowest BCUT2D eigenvalue weighted by molar-refractivity contribution is 0.365. The SMILES string of the molecule is CSc1nnc(CNC(c2ccccc2)C2CCCC2)s1. The molecule has 1 saturated carbocycles. The molecule has 0 bridgehead atoms. The highest BCUT2D eigenvalue weighted by Gasteiger charge is 2.26. The van der Waals surface area contributed by atoms with Gasteiger partial charge in [0.1, 0.15) is 5.01 Å². The molecule has 112 valence electrons. The normalized spacial score (nSPS) is 17.2. The zero-order valence-corrected chi connectivity index (χ0v) is 13.9. The van der Waals surface area contributed by atoms with Gasteiger partial charge in [0.15, 0.2) is 4.34 Å². The van der Waals surface area contributed by atoms with Gasteiger partial charge < -0.3 is 5.32 Å². The minimum Gasteiger partial charge on any atom is -0.303 e. The molecule has 5 heteroatoms. The highest BCUT2D eigenvalue weighted by molar-refractivity contribution is 8.00. The second-order valence-electron chi connectivity index (χ2n) is 5.48. The Labute approximate surface area is 134 Å². The van der Waals surface area contributed by atoms with Gasteiger partial charge in [-0.1, -0.05) is 66.3 Å². The highest BCUT2D eigenvalue weighted by Crippen LogP contribution is 2.36. The summed E-state index contributed by atoms with van der Waals surface area (Å²) in [6.07, 6.45) is 7.44. The van der Waals surface area contributed by atoms with Crippen molar-refractivity contribution in [3.8, 4) is 0 Å². The van der Waals surface area contributed by atoms with E-state index in [0.29, 0.717) is 6.04 Å². The fraction of sp³-hybridized carbons (Fsp3) is 0.500. The molecule has 1 heterocycles. The number of hydrogen-bond acceptors (Lipinski definition) is 5. The predicted molar refractivity (Wildman–Crippen MR) is 89.7 cm³/mol. The van der Waals surface area contributed by atoms with Crippen LogP contribution in [0.5, 0.6) is 0 Å². The minimum absolute atomic E-state index is 0.440. The van der Waals surface area contributed by atoms with Crippen molar-refractivity contribution in [2.75, 3.05) is 6.26 Å². The van der Waals surface area contributed by atoms with E-state index in [1.54, 1.807) is 23.1 Å². The Balaban J connectivity index is 1.70. The van der Waals surface area contributed by atoms with Crippen LogP contribution in [0.4, 0.5) is 0 Å². The smallest absolute Gasteiger partial charge is 0.174 e. The monoisotopic (exact) mass is 319 g/mol. The lowest BCUT2D eigenvalue weighted by Crippen LogP contribution is -2.26. The molecule has 0 aliphatic heterocycles. The van der Waals surface area contributed by atoms with E-state index in [0.717, 1.165) is 21.8 Å². The van der Waals surface area contributed by atoms with Crippen LogP contribution in [0, 0.1) is 5.92 Å². The van der Waals surface area contributed by atoms with Crippen LogP contribution in [0.25, 0.3) is 0 Å². The third kappa shape index (κ3) is 3.84. The van der Waals surface area contributed by atoms with Gasteiger partial charge in [-0.05, 0) is 30.6 Å². The van der Waals surface area contributed by atoms with Crippen molar-refractivity contribution in [2.24, 2.45) is 5.92 Å². The van der Waals surface area contributed by atoms with Crippen LogP contribution >= 0.6 is 23.1 Å². The van der Waals surface area contributed by atoms with Crippen LogP contribution in [0.15, 0.2) is 34.7 Å². The first-order chi connectivity index (χ1) is 10.4. The van der Waals surface area contributed by atoms with Gasteiger partial charge in [0.05, 0.1) is 6.54 Å². The fourth-order valence-corrected chi connectivity index (χ4v) is 4.36. The third-order valence-corrected chi connectivity index (χ3v) is 6.02. The lowest BCUT2D eigenvalue weighted by Gasteiger charge is -2.25. The molecule has 0 spiro atoms. The lowest BCUT2D eigenvalue weighted by atomic mass is 9.91. The molecule has 2 aromatic rings. The zero-order chi connectivity index (χ0) is 14.5. The van der Waals surface area contributed by atoms with E-state index in [1.807, 2.05) is 6.26 Å². The Morgan fingerprint density at radius 1 is 1.24 bits per heavy atom. The largest absolute Gasteiger partial charge is 0.303 e. The second-order valence-corrected chi connectivity index (χ2v) is 7.60. The minimum atomic E-state index is 0.440. The van der Waals surface area contributed by atoms with E-state index in [1.165, 1.54) is 31.2 Å². The van der Waals surface area contributed by atoms with Gasteiger partial charge in [-0.3, -0.25) is 0 Å². The van der Waals surface area contributed by atoms with Gasteiger partial charge >= 0.3 is 0 Å². The Morgan fingerprint density at radius 3 is 2.67 bits per heavy atom. The Morgan fingerprint density at radius 2 is 2.00 bits per heavy atom. The summed E-state index contributed by atoms with van der Waals surface area (Å²) in [6.45, 7) is 0.814. The fourth-order valence-electron chi connectivity index (χ4n) is 3.10. The Kier molecular flexibility index (Phi) is 5.27. The highest BCUT2D eigenvalue weighted by atomic mass is 32.2. The van der Waals surface area contributed by atoms with Crippen molar-refractivity contribution < 1.29 is 0 Å². The maximum absolute atomic E-state index is 4.26. The second kappa shape index (κ2) is 7.38. The van der Waals surface area contributed by atoms with Gasteiger partial charge in [-0.2, -0.15) is 0 Å². The first kappa shape index (κ1) is 15.0. The average Bonchev–Trinajstić information content (AvgIpc) is 3.20. The maximum Gasteiger partial charge on any atom is 0.174 e. The average molecular weight is 319 g/mol. The maximum atomic E-state index is 4.26. The van der Waals surface area contributed by atoms with Gasteiger partial charge in [0, 0.05) is 6.04 Å². The van der Waals surface area contributed by atoms with Crippen molar-refractivity contribution in [1.29, 1.82) is 0 Å². The molecular formula is C16H21N3S2. The Hall–Kier alpha value is -0.910. The first-order valence-corrected chi connectivity index (χ1v) is 9.55.